The first-order valence-electron chi connectivity index (χ1n) is 11.2. The molecule has 1 aromatic heterocycles. The molecular formula is C23H31FN4O3. The summed E-state index contributed by atoms with van der Waals surface area (Å²) in [4.78, 5) is 10.4. The van der Waals surface area contributed by atoms with Crippen LogP contribution in [-0.4, -0.2) is 55.6 Å². The van der Waals surface area contributed by atoms with E-state index >= 15 is 0 Å². The zero-order valence-electron chi connectivity index (χ0n) is 18.1. The van der Waals surface area contributed by atoms with Crippen LogP contribution in [-0.2, 0) is 9.47 Å². The van der Waals surface area contributed by atoms with E-state index in [0.717, 1.165) is 32.3 Å². The first-order chi connectivity index (χ1) is 15.2. The van der Waals surface area contributed by atoms with Gasteiger partial charge in [0.05, 0.1) is 37.3 Å². The third-order valence-electron chi connectivity index (χ3n) is 5.88. The zero-order valence-corrected chi connectivity index (χ0v) is 18.1. The molecule has 168 valence electrons. The number of aromatic nitrogens is 2. The fraction of sp³-hybridized carbons (Fsp3) is 0.565. The van der Waals surface area contributed by atoms with Gasteiger partial charge >= 0.3 is 0 Å². The van der Waals surface area contributed by atoms with Gasteiger partial charge in [-0.05, 0) is 44.6 Å². The first kappa shape index (κ1) is 21.8. The van der Waals surface area contributed by atoms with Gasteiger partial charge in [-0.2, -0.15) is 0 Å². The van der Waals surface area contributed by atoms with Gasteiger partial charge in [-0.15, -0.1) is 0 Å². The van der Waals surface area contributed by atoms with Gasteiger partial charge in [-0.25, -0.2) is 14.4 Å². The number of benzene rings is 1. The molecule has 1 aliphatic carbocycles. The molecule has 1 N–H and O–H groups in total. The van der Waals surface area contributed by atoms with Gasteiger partial charge in [0.25, 0.3) is 0 Å². The minimum absolute atomic E-state index is 0.301. The molecule has 2 aliphatic rings. The monoisotopic (exact) mass is 430 g/mol. The molecule has 0 amide bonds. The van der Waals surface area contributed by atoms with Crippen molar-refractivity contribution in [3.05, 3.63) is 36.4 Å². The Morgan fingerprint density at radius 1 is 1.13 bits per heavy atom. The Bertz CT molecular complexity index is 825. The van der Waals surface area contributed by atoms with Crippen LogP contribution in [0.5, 0.6) is 5.75 Å². The van der Waals surface area contributed by atoms with Crippen LogP contribution in [0, 0.1) is 11.7 Å². The summed E-state index contributed by atoms with van der Waals surface area (Å²) in [5, 5.41) is 3.10. The number of halogens is 1. The van der Waals surface area contributed by atoms with E-state index in [1.165, 1.54) is 6.07 Å². The summed E-state index contributed by atoms with van der Waals surface area (Å²) in [6.07, 6.45) is 7.93. The summed E-state index contributed by atoms with van der Waals surface area (Å²) in [7, 11) is 0. The van der Waals surface area contributed by atoms with Gasteiger partial charge in [-0.3, -0.25) is 0 Å². The smallest absolute Gasteiger partial charge is 0.227 e. The Morgan fingerprint density at radius 2 is 1.87 bits per heavy atom. The lowest BCUT2D eigenvalue weighted by molar-refractivity contribution is 0.0199. The molecule has 1 saturated heterocycles. The Balaban J connectivity index is 1.50. The summed E-state index contributed by atoms with van der Waals surface area (Å²) in [6.45, 7) is 5.91. The van der Waals surface area contributed by atoms with Crippen molar-refractivity contribution < 1.29 is 18.6 Å². The minimum Gasteiger partial charge on any atom is -0.491 e. The second-order valence-corrected chi connectivity index (χ2v) is 8.01. The van der Waals surface area contributed by atoms with Gasteiger partial charge in [0.1, 0.15) is 11.6 Å². The average molecular weight is 431 g/mol. The average Bonchev–Trinajstić information content (AvgIpc) is 2.81. The number of nitrogens with one attached hydrogen (secondary N) is 1. The van der Waals surface area contributed by atoms with Crippen LogP contribution in [0.1, 0.15) is 32.6 Å². The van der Waals surface area contributed by atoms with Crippen molar-refractivity contribution in [3.8, 4) is 5.75 Å². The molecule has 2 aromatic rings. The Hall–Kier alpha value is -2.45. The molecule has 31 heavy (non-hydrogen) atoms. The van der Waals surface area contributed by atoms with E-state index in [1.54, 1.807) is 24.5 Å². The van der Waals surface area contributed by atoms with Crippen LogP contribution in [0.3, 0.4) is 0 Å². The molecule has 1 aromatic carbocycles. The first-order valence-corrected chi connectivity index (χ1v) is 11.2. The fourth-order valence-electron chi connectivity index (χ4n) is 4.20. The van der Waals surface area contributed by atoms with Crippen molar-refractivity contribution in [1.29, 1.82) is 0 Å². The predicted molar refractivity (Wildman–Crippen MR) is 118 cm³/mol. The van der Waals surface area contributed by atoms with E-state index in [2.05, 4.69) is 15.3 Å². The van der Waals surface area contributed by atoms with Gasteiger partial charge in [0.2, 0.25) is 5.95 Å². The highest BCUT2D eigenvalue weighted by Crippen LogP contribution is 2.36. The van der Waals surface area contributed by atoms with E-state index in [0.29, 0.717) is 68.0 Å². The second kappa shape index (κ2) is 10.7. The molecule has 0 unspecified atom stereocenters. The van der Waals surface area contributed by atoms with Crippen molar-refractivity contribution in [2.45, 2.75) is 38.7 Å². The fourth-order valence-corrected chi connectivity index (χ4v) is 4.20. The summed E-state index contributed by atoms with van der Waals surface area (Å²) < 4.78 is 32.4. The zero-order chi connectivity index (χ0) is 21.5. The lowest BCUT2D eigenvalue weighted by Crippen LogP contribution is -2.36. The molecule has 0 atom stereocenters. The summed E-state index contributed by atoms with van der Waals surface area (Å²) in [5.41, 5.74) is 1.07. The van der Waals surface area contributed by atoms with Crippen molar-refractivity contribution in [1.82, 2.24) is 9.97 Å². The molecule has 2 fully saturated rings. The Labute approximate surface area is 182 Å². The van der Waals surface area contributed by atoms with Crippen LogP contribution < -0.4 is 15.0 Å². The largest absolute Gasteiger partial charge is 0.491 e. The SMILES string of the molecule is CCOC1CCC(COc2cc(N3CCOCC3)c(F)cc2Nc2ncccn2)CC1. The maximum atomic E-state index is 15.0. The highest BCUT2D eigenvalue weighted by Gasteiger charge is 2.23. The van der Waals surface area contributed by atoms with E-state index < -0.39 is 0 Å². The molecule has 1 aliphatic heterocycles. The molecule has 1 saturated carbocycles. The van der Waals surface area contributed by atoms with Crippen LogP contribution in [0.15, 0.2) is 30.6 Å². The molecule has 0 bridgehead atoms. The third-order valence-corrected chi connectivity index (χ3v) is 5.88. The number of morpholine rings is 1. The Morgan fingerprint density at radius 3 is 2.58 bits per heavy atom. The number of hydrogen-bond acceptors (Lipinski definition) is 7. The van der Waals surface area contributed by atoms with Crippen molar-refractivity contribution in [3.63, 3.8) is 0 Å². The van der Waals surface area contributed by atoms with Gasteiger partial charge in [0, 0.05) is 44.2 Å². The summed E-state index contributed by atoms with van der Waals surface area (Å²) >= 11 is 0. The third kappa shape index (κ3) is 5.83. The quantitative estimate of drug-likeness (QED) is 0.674. The van der Waals surface area contributed by atoms with Gasteiger partial charge in [0.15, 0.2) is 0 Å². The maximum Gasteiger partial charge on any atom is 0.227 e. The normalized spacial score (nSPS) is 21.7. The molecule has 4 rings (SSSR count). The van der Waals surface area contributed by atoms with E-state index in [1.807, 2.05) is 11.8 Å². The maximum absolute atomic E-state index is 15.0. The van der Waals surface area contributed by atoms with Crippen LogP contribution in [0.25, 0.3) is 0 Å². The molecule has 0 spiro atoms. The lowest BCUT2D eigenvalue weighted by Gasteiger charge is -2.30. The standard InChI is InChI=1S/C23H31FN4O3/c1-2-30-18-6-4-17(5-7-18)16-31-22-15-21(28-10-12-29-13-11-28)19(24)14-20(22)27-23-25-8-3-9-26-23/h3,8-9,14-15,17-18H,2,4-7,10-13,16H2,1H3,(H,25,26,27). The Kier molecular flexibility index (Phi) is 7.53. The molecule has 7 nitrogen and oxygen atoms in total. The van der Waals surface area contributed by atoms with Crippen molar-refractivity contribution in [2.24, 2.45) is 5.92 Å². The summed E-state index contributed by atoms with van der Waals surface area (Å²) in [5.74, 6) is 1.18. The van der Waals surface area contributed by atoms with Crippen molar-refractivity contribution >= 4 is 17.3 Å². The number of hydrogen-bond donors (Lipinski definition) is 1. The van der Waals surface area contributed by atoms with Gasteiger partial charge in [-0.1, -0.05) is 0 Å². The second-order valence-electron chi connectivity index (χ2n) is 8.01. The predicted octanol–water partition coefficient (Wildman–Crippen LogP) is 4.17. The highest BCUT2D eigenvalue weighted by atomic mass is 19.1. The van der Waals surface area contributed by atoms with Crippen LogP contribution in [0.4, 0.5) is 21.7 Å². The molecule has 0 radical (unpaired) electrons. The number of nitrogens with zero attached hydrogens (tertiary/aromatic N) is 3. The highest BCUT2D eigenvalue weighted by molar-refractivity contribution is 5.68. The molecule has 2 heterocycles. The topological polar surface area (TPSA) is 68.7 Å². The van der Waals surface area contributed by atoms with E-state index in [4.69, 9.17) is 14.2 Å². The van der Waals surface area contributed by atoms with E-state index in [-0.39, 0.29) is 5.82 Å². The summed E-state index contributed by atoms with van der Waals surface area (Å²) in [6, 6.07) is 5.00. The number of ether oxygens (including phenoxy) is 3. The number of anilines is 3. The lowest BCUT2D eigenvalue weighted by atomic mass is 9.88. The van der Waals surface area contributed by atoms with Gasteiger partial charge < -0.3 is 24.4 Å². The minimum atomic E-state index is -0.301. The van der Waals surface area contributed by atoms with Crippen LogP contribution in [0.2, 0.25) is 0 Å². The van der Waals surface area contributed by atoms with E-state index in [9.17, 15) is 4.39 Å². The molecular weight excluding hydrogens is 399 g/mol. The van der Waals surface area contributed by atoms with Crippen LogP contribution >= 0.6 is 0 Å². The van der Waals surface area contributed by atoms with Crippen molar-refractivity contribution in [2.75, 3.05) is 49.7 Å². The number of rotatable bonds is 8. The molecule has 8 heteroatoms.